The van der Waals surface area contributed by atoms with Crippen molar-refractivity contribution in [2.24, 2.45) is 0 Å². The van der Waals surface area contributed by atoms with Crippen molar-refractivity contribution in [1.82, 2.24) is 25.2 Å². The van der Waals surface area contributed by atoms with E-state index in [2.05, 4.69) is 21.7 Å². The van der Waals surface area contributed by atoms with E-state index in [4.69, 9.17) is 0 Å². The molecule has 1 heterocycles. The molecule has 0 saturated heterocycles. The average Bonchev–Trinajstić information content (AvgIpc) is 2.97. The van der Waals surface area contributed by atoms with Gasteiger partial charge in [-0.2, -0.15) is 0 Å². The molecule has 0 bridgehead atoms. The standard InChI is InChI=1S/C16H23N5O/c1-13-6-4-7-14(12-13)15(20(2)3)16(22)17-8-5-10-21-11-9-18-19-21/h4,6-7,9,11-12,15H,5,8,10H2,1-3H3,(H,17,22)/t15-/m1/s1. The summed E-state index contributed by atoms with van der Waals surface area (Å²) in [5.41, 5.74) is 2.17. The summed E-state index contributed by atoms with van der Waals surface area (Å²) in [6, 6.07) is 7.80. The first-order valence-corrected chi connectivity index (χ1v) is 7.42. The molecule has 6 heteroatoms. The molecular formula is C16H23N5O. The van der Waals surface area contributed by atoms with E-state index >= 15 is 0 Å². The predicted molar refractivity (Wildman–Crippen MR) is 85.3 cm³/mol. The van der Waals surface area contributed by atoms with Crippen LogP contribution in [0, 0.1) is 6.92 Å². The first-order valence-electron chi connectivity index (χ1n) is 7.42. The number of carbonyl (C=O) groups excluding carboxylic acids is 1. The molecule has 6 nitrogen and oxygen atoms in total. The lowest BCUT2D eigenvalue weighted by Crippen LogP contribution is -2.37. The molecule has 1 aromatic carbocycles. The highest BCUT2D eigenvalue weighted by Gasteiger charge is 2.22. The molecule has 1 amide bonds. The maximum Gasteiger partial charge on any atom is 0.241 e. The number of hydrogen-bond acceptors (Lipinski definition) is 4. The van der Waals surface area contributed by atoms with Crippen molar-refractivity contribution < 1.29 is 4.79 Å². The van der Waals surface area contributed by atoms with Gasteiger partial charge in [-0.1, -0.05) is 35.0 Å². The van der Waals surface area contributed by atoms with Crippen LogP contribution in [0.25, 0.3) is 0 Å². The van der Waals surface area contributed by atoms with Gasteiger partial charge in [0.1, 0.15) is 6.04 Å². The third-order valence-corrected chi connectivity index (χ3v) is 3.46. The first kappa shape index (κ1) is 16.2. The Kier molecular flexibility index (Phi) is 5.66. The Morgan fingerprint density at radius 1 is 1.41 bits per heavy atom. The SMILES string of the molecule is Cc1cccc([C@H](C(=O)NCCCn2ccnn2)N(C)C)c1. The molecule has 0 aliphatic heterocycles. The van der Waals surface area contributed by atoms with Crippen LogP contribution in [-0.2, 0) is 11.3 Å². The fourth-order valence-electron chi connectivity index (χ4n) is 2.43. The Morgan fingerprint density at radius 2 is 2.23 bits per heavy atom. The third kappa shape index (κ3) is 4.39. The number of nitrogens with one attached hydrogen (secondary N) is 1. The van der Waals surface area contributed by atoms with E-state index in [0.717, 1.165) is 24.1 Å². The van der Waals surface area contributed by atoms with Gasteiger partial charge in [0, 0.05) is 19.3 Å². The Hall–Kier alpha value is -2.21. The minimum atomic E-state index is -0.272. The van der Waals surface area contributed by atoms with Crippen molar-refractivity contribution in [2.75, 3.05) is 20.6 Å². The second-order valence-corrected chi connectivity index (χ2v) is 5.59. The fraction of sp³-hybridized carbons (Fsp3) is 0.438. The monoisotopic (exact) mass is 301 g/mol. The van der Waals surface area contributed by atoms with Crippen molar-refractivity contribution >= 4 is 5.91 Å². The molecule has 2 rings (SSSR count). The molecule has 118 valence electrons. The summed E-state index contributed by atoms with van der Waals surface area (Å²) in [4.78, 5) is 14.4. The summed E-state index contributed by atoms with van der Waals surface area (Å²) >= 11 is 0. The predicted octanol–water partition coefficient (Wildman–Crippen LogP) is 1.40. The van der Waals surface area contributed by atoms with Gasteiger partial charge >= 0.3 is 0 Å². The highest BCUT2D eigenvalue weighted by Crippen LogP contribution is 2.19. The zero-order chi connectivity index (χ0) is 15.9. The van der Waals surface area contributed by atoms with E-state index in [1.54, 1.807) is 10.9 Å². The van der Waals surface area contributed by atoms with Crippen LogP contribution < -0.4 is 5.32 Å². The van der Waals surface area contributed by atoms with Crippen LogP contribution in [0.15, 0.2) is 36.7 Å². The summed E-state index contributed by atoms with van der Waals surface area (Å²) in [5, 5.41) is 10.7. The molecule has 0 saturated carbocycles. The van der Waals surface area contributed by atoms with E-state index in [9.17, 15) is 4.79 Å². The first-order chi connectivity index (χ1) is 10.6. The van der Waals surface area contributed by atoms with Crippen molar-refractivity contribution in [1.29, 1.82) is 0 Å². The van der Waals surface area contributed by atoms with Crippen molar-refractivity contribution in [2.45, 2.75) is 25.9 Å². The molecule has 0 spiro atoms. The third-order valence-electron chi connectivity index (χ3n) is 3.46. The minimum absolute atomic E-state index is 0.0224. The van der Waals surface area contributed by atoms with Crippen LogP contribution >= 0.6 is 0 Å². The van der Waals surface area contributed by atoms with Gasteiger partial charge in [0.15, 0.2) is 0 Å². The van der Waals surface area contributed by atoms with Gasteiger partial charge in [-0.15, -0.1) is 5.10 Å². The summed E-state index contributed by atoms with van der Waals surface area (Å²) in [6.07, 6.45) is 4.29. The lowest BCUT2D eigenvalue weighted by atomic mass is 10.0. The lowest BCUT2D eigenvalue weighted by Gasteiger charge is -2.24. The van der Waals surface area contributed by atoms with Gasteiger partial charge in [0.25, 0.3) is 0 Å². The van der Waals surface area contributed by atoms with Crippen LogP contribution in [-0.4, -0.2) is 46.4 Å². The highest BCUT2D eigenvalue weighted by molar-refractivity contribution is 5.83. The Morgan fingerprint density at radius 3 is 2.86 bits per heavy atom. The molecule has 0 radical (unpaired) electrons. The number of carbonyl (C=O) groups is 1. The van der Waals surface area contributed by atoms with Crippen molar-refractivity contribution in [3.63, 3.8) is 0 Å². The molecule has 0 aliphatic rings. The zero-order valence-corrected chi connectivity index (χ0v) is 13.4. The second kappa shape index (κ2) is 7.70. The van der Waals surface area contributed by atoms with E-state index in [1.807, 2.05) is 50.3 Å². The van der Waals surface area contributed by atoms with E-state index < -0.39 is 0 Å². The molecule has 2 aromatic rings. The van der Waals surface area contributed by atoms with E-state index in [0.29, 0.717) is 6.54 Å². The highest BCUT2D eigenvalue weighted by atomic mass is 16.2. The molecule has 22 heavy (non-hydrogen) atoms. The molecular weight excluding hydrogens is 278 g/mol. The number of aryl methyl sites for hydroxylation is 2. The molecule has 1 aromatic heterocycles. The summed E-state index contributed by atoms with van der Waals surface area (Å²) in [7, 11) is 3.84. The molecule has 0 fully saturated rings. The van der Waals surface area contributed by atoms with Gasteiger partial charge in [-0.25, -0.2) is 0 Å². The lowest BCUT2D eigenvalue weighted by molar-refractivity contribution is -0.125. The van der Waals surface area contributed by atoms with Crippen molar-refractivity contribution in [3.05, 3.63) is 47.8 Å². The molecule has 0 aliphatic carbocycles. The number of nitrogens with zero attached hydrogens (tertiary/aromatic N) is 4. The number of hydrogen-bond donors (Lipinski definition) is 1. The van der Waals surface area contributed by atoms with Gasteiger partial charge in [0.05, 0.1) is 6.20 Å². The quantitative estimate of drug-likeness (QED) is 0.785. The van der Waals surface area contributed by atoms with E-state index in [1.165, 1.54) is 0 Å². The number of likely N-dealkylation sites (N-methyl/N-ethyl adjacent to an activating group) is 1. The van der Waals surface area contributed by atoms with Crippen LogP contribution in [0.2, 0.25) is 0 Å². The van der Waals surface area contributed by atoms with Crippen molar-refractivity contribution in [3.8, 4) is 0 Å². The van der Waals surface area contributed by atoms with Gasteiger partial charge < -0.3 is 5.32 Å². The fourth-order valence-corrected chi connectivity index (χ4v) is 2.43. The van der Waals surface area contributed by atoms with Gasteiger partial charge in [-0.3, -0.25) is 14.4 Å². The van der Waals surface area contributed by atoms with Crippen LogP contribution in [0.1, 0.15) is 23.6 Å². The molecule has 1 atom stereocenters. The largest absolute Gasteiger partial charge is 0.354 e. The second-order valence-electron chi connectivity index (χ2n) is 5.59. The number of rotatable bonds is 7. The number of aromatic nitrogens is 3. The Balaban J connectivity index is 1.90. The minimum Gasteiger partial charge on any atom is -0.354 e. The summed E-state index contributed by atoms with van der Waals surface area (Å²) in [6.45, 7) is 3.40. The number of benzene rings is 1. The van der Waals surface area contributed by atoms with Crippen LogP contribution in [0.5, 0.6) is 0 Å². The average molecular weight is 301 g/mol. The molecule has 1 N–H and O–H groups in total. The summed E-state index contributed by atoms with van der Waals surface area (Å²) < 4.78 is 1.76. The van der Waals surface area contributed by atoms with Crippen LogP contribution in [0.4, 0.5) is 0 Å². The van der Waals surface area contributed by atoms with Crippen LogP contribution in [0.3, 0.4) is 0 Å². The topological polar surface area (TPSA) is 63.1 Å². The number of amides is 1. The summed E-state index contributed by atoms with van der Waals surface area (Å²) in [5.74, 6) is 0.0224. The Bertz CT molecular complexity index is 594. The maximum absolute atomic E-state index is 12.5. The Labute approximate surface area is 131 Å². The zero-order valence-electron chi connectivity index (χ0n) is 13.4. The molecule has 0 unspecified atom stereocenters. The smallest absolute Gasteiger partial charge is 0.241 e. The normalized spacial score (nSPS) is 12.4. The van der Waals surface area contributed by atoms with E-state index in [-0.39, 0.29) is 11.9 Å². The van der Waals surface area contributed by atoms with Gasteiger partial charge in [0.2, 0.25) is 5.91 Å². The maximum atomic E-state index is 12.5. The van der Waals surface area contributed by atoms with Gasteiger partial charge in [-0.05, 0) is 33.0 Å².